The van der Waals surface area contributed by atoms with Crippen molar-refractivity contribution >= 4 is 11.6 Å². The minimum absolute atomic E-state index is 0.315. The van der Waals surface area contributed by atoms with Crippen LogP contribution in [0.25, 0.3) is 0 Å². The molecule has 2 N–H and O–H groups in total. The van der Waals surface area contributed by atoms with Gasteiger partial charge in [-0.25, -0.2) is 0 Å². The number of rotatable bonds is 3. The highest BCUT2D eigenvalue weighted by Crippen LogP contribution is 1.90. The first-order valence-electron chi connectivity index (χ1n) is 2.50. The molecular weight excluding hydrogens is 120 g/mol. The molecule has 0 aliphatic rings. The van der Waals surface area contributed by atoms with Crippen LogP contribution < -0.4 is 5.53 Å². The molecule has 0 saturated carbocycles. The van der Waals surface area contributed by atoms with Crippen molar-refractivity contribution in [3.05, 3.63) is 0 Å². The van der Waals surface area contributed by atoms with E-state index < -0.39 is 6.04 Å². The van der Waals surface area contributed by atoms with Gasteiger partial charge in [-0.15, -0.1) is 0 Å². The summed E-state index contributed by atoms with van der Waals surface area (Å²) in [7, 11) is 0. The van der Waals surface area contributed by atoms with Gasteiger partial charge >= 0.3 is 0 Å². The number of Topliss-reactive ketones (excluding diaryl/α,β-unsaturated/α-hetero) is 2. The number of carbonyl (C=O) groups excluding carboxylic acids is 2. The van der Waals surface area contributed by atoms with Crippen molar-refractivity contribution in [2.24, 2.45) is 5.11 Å². The van der Waals surface area contributed by atoms with Gasteiger partial charge in [0.2, 0.25) is 6.04 Å². The fraction of sp³-hybridized carbons (Fsp3) is 0.600. The molecule has 0 aliphatic heterocycles. The van der Waals surface area contributed by atoms with E-state index in [1.54, 1.807) is 0 Å². The van der Waals surface area contributed by atoms with Gasteiger partial charge in [-0.2, -0.15) is 5.53 Å². The molecular formula is C5H9N2O2+. The maximum atomic E-state index is 10.4. The van der Waals surface area contributed by atoms with Gasteiger partial charge in [0.1, 0.15) is 0 Å². The Balaban J connectivity index is 4.16. The molecule has 0 fully saturated rings. The predicted octanol–water partition coefficient (Wildman–Crippen LogP) is -1.26. The Morgan fingerprint density at radius 1 is 1.33 bits per heavy atom. The van der Waals surface area contributed by atoms with E-state index in [0.717, 1.165) is 0 Å². The van der Waals surface area contributed by atoms with E-state index in [-0.39, 0.29) is 11.6 Å². The van der Waals surface area contributed by atoms with Crippen molar-refractivity contribution in [3.8, 4) is 0 Å². The Morgan fingerprint density at radius 2 is 1.67 bits per heavy atom. The normalized spacial score (nSPS) is 9.22. The standard InChI is InChI=1S/C5H8N2O2/c1-3(8)5(7-6)4(2)9/h5-6H,1-2H3/p+1. The van der Waals surface area contributed by atoms with Crippen LogP contribution in [0, 0.1) is 0 Å². The Bertz CT molecular complexity index is 139. The summed E-state index contributed by atoms with van der Waals surface area (Å²) >= 11 is 0. The van der Waals surface area contributed by atoms with Crippen LogP contribution in [0.5, 0.6) is 0 Å². The third kappa shape index (κ3) is 2.12. The fourth-order valence-electron chi connectivity index (χ4n) is 0.496. The molecule has 0 bridgehead atoms. The van der Waals surface area contributed by atoms with Crippen molar-refractivity contribution in [2.45, 2.75) is 19.9 Å². The number of nitrogens with zero attached hydrogens (tertiary/aromatic N) is 1. The van der Waals surface area contributed by atoms with E-state index in [9.17, 15) is 9.59 Å². The summed E-state index contributed by atoms with van der Waals surface area (Å²) in [5, 5.41) is 3.09. The van der Waals surface area contributed by atoms with Gasteiger partial charge in [0, 0.05) is 0 Å². The molecule has 0 aromatic rings. The van der Waals surface area contributed by atoms with Gasteiger partial charge in [0.15, 0.2) is 11.6 Å². The SMILES string of the molecule is CC(=O)C(N=[NH2+])C(C)=O. The number of nitrogens with two attached hydrogens (primary N) is 1. The molecule has 0 unspecified atom stereocenters. The molecule has 0 spiro atoms. The van der Waals surface area contributed by atoms with E-state index >= 15 is 0 Å². The fourth-order valence-corrected chi connectivity index (χ4v) is 0.496. The Kier molecular flexibility index (Phi) is 2.70. The molecule has 0 rings (SSSR count). The van der Waals surface area contributed by atoms with E-state index in [4.69, 9.17) is 5.53 Å². The highest BCUT2D eigenvalue weighted by atomic mass is 16.2. The lowest BCUT2D eigenvalue weighted by Gasteiger charge is -1.94. The number of ketones is 2. The maximum Gasteiger partial charge on any atom is 0.227 e. The molecule has 0 amide bonds. The van der Waals surface area contributed by atoms with Crippen molar-refractivity contribution in [1.82, 2.24) is 0 Å². The molecule has 4 heteroatoms. The topological polar surface area (TPSA) is 72.1 Å². The Labute approximate surface area is 52.8 Å². The zero-order valence-corrected chi connectivity index (χ0v) is 5.42. The second-order valence-corrected chi connectivity index (χ2v) is 1.77. The first-order chi connectivity index (χ1) is 4.09. The summed E-state index contributed by atoms with van der Waals surface area (Å²) in [6.45, 7) is 2.56. The molecule has 0 aliphatic carbocycles. The van der Waals surface area contributed by atoms with Gasteiger partial charge in [0.25, 0.3) is 0 Å². The lowest BCUT2D eigenvalue weighted by molar-refractivity contribution is -0.226. The minimum Gasteiger partial charge on any atom is -0.297 e. The summed E-state index contributed by atoms with van der Waals surface area (Å²) in [4.78, 5) is 20.8. The van der Waals surface area contributed by atoms with Crippen molar-refractivity contribution in [2.75, 3.05) is 0 Å². The summed E-state index contributed by atoms with van der Waals surface area (Å²) in [5.41, 5.74) is 4.76. The molecule has 0 heterocycles. The van der Waals surface area contributed by atoms with E-state index in [2.05, 4.69) is 5.11 Å². The van der Waals surface area contributed by atoms with Crippen LogP contribution >= 0.6 is 0 Å². The monoisotopic (exact) mass is 129 g/mol. The highest BCUT2D eigenvalue weighted by Gasteiger charge is 2.19. The highest BCUT2D eigenvalue weighted by molar-refractivity contribution is 6.04. The molecule has 0 aromatic carbocycles. The minimum atomic E-state index is -0.954. The second kappa shape index (κ2) is 3.06. The Morgan fingerprint density at radius 3 is 1.67 bits per heavy atom. The van der Waals surface area contributed by atoms with E-state index in [1.807, 2.05) is 0 Å². The summed E-state index contributed by atoms with van der Waals surface area (Å²) in [6, 6.07) is -0.954. The second-order valence-electron chi connectivity index (χ2n) is 1.77. The third-order valence-corrected chi connectivity index (χ3v) is 0.919. The summed E-state index contributed by atoms with van der Waals surface area (Å²) in [6.07, 6.45) is 0. The average molecular weight is 129 g/mol. The van der Waals surface area contributed by atoms with Crippen LogP contribution in [0.2, 0.25) is 0 Å². The summed E-state index contributed by atoms with van der Waals surface area (Å²) in [5.74, 6) is -0.630. The van der Waals surface area contributed by atoms with E-state index in [0.29, 0.717) is 0 Å². The maximum absolute atomic E-state index is 10.4. The number of carbonyl (C=O) groups is 2. The number of hydrogen-bond acceptors (Lipinski definition) is 3. The van der Waals surface area contributed by atoms with Gasteiger partial charge in [0.05, 0.1) is 0 Å². The largest absolute Gasteiger partial charge is 0.297 e. The molecule has 50 valence electrons. The quantitative estimate of drug-likeness (QED) is 0.381. The average Bonchev–Trinajstić information content (AvgIpc) is 1.64. The third-order valence-electron chi connectivity index (χ3n) is 0.919. The molecule has 0 aromatic heterocycles. The van der Waals surface area contributed by atoms with Crippen LogP contribution in [0.1, 0.15) is 13.8 Å². The zero-order chi connectivity index (χ0) is 7.44. The smallest absolute Gasteiger partial charge is 0.227 e. The van der Waals surface area contributed by atoms with Crippen LogP contribution in [0.4, 0.5) is 0 Å². The molecule has 0 atom stereocenters. The predicted molar refractivity (Wildman–Crippen MR) is 29.5 cm³/mol. The van der Waals surface area contributed by atoms with Gasteiger partial charge in [-0.05, 0) is 19.0 Å². The molecule has 0 radical (unpaired) electrons. The summed E-state index contributed by atoms with van der Waals surface area (Å²) < 4.78 is 0. The van der Waals surface area contributed by atoms with Gasteiger partial charge in [-0.3, -0.25) is 9.59 Å². The lowest BCUT2D eigenvalue weighted by atomic mass is 10.1. The zero-order valence-electron chi connectivity index (χ0n) is 5.42. The first-order valence-corrected chi connectivity index (χ1v) is 2.50. The van der Waals surface area contributed by atoms with Crippen LogP contribution in [-0.4, -0.2) is 17.6 Å². The van der Waals surface area contributed by atoms with Gasteiger partial charge in [-0.1, -0.05) is 0 Å². The number of hydrogen-bond donors (Lipinski definition) is 1. The van der Waals surface area contributed by atoms with Crippen molar-refractivity contribution in [1.29, 1.82) is 0 Å². The molecule has 9 heavy (non-hydrogen) atoms. The van der Waals surface area contributed by atoms with E-state index in [1.165, 1.54) is 13.8 Å². The van der Waals surface area contributed by atoms with Crippen molar-refractivity contribution in [3.63, 3.8) is 0 Å². The lowest BCUT2D eigenvalue weighted by Crippen LogP contribution is -2.35. The van der Waals surface area contributed by atoms with Crippen LogP contribution in [-0.2, 0) is 9.59 Å². The molecule has 0 saturated heterocycles. The van der Waals surface area contributed by atoms with Crippen molar-refractivity contribution < 1.29 is 15.1 Å². The first kappa shape index (κ1) is 7.94. The van der Waals surface area contributed by atoms with Crippen LogP contribution in [0.3, 0.4) is 0 Å². The Hall–Kier alpha value is -1.06. The van der Waals surface area contributed by atoms with Crippen LogP contribution in [0.15, 0.2) is 5.11 Å². The molecule has 4 nitrogen and oxygen atoms in total. The van der Waals surface area contributed by atoms with Gasteiger partial charge < -0.3 is 0 Å².